The molecule has 0 amide bonds. The van der Waals surface area contributed by atoms with E-state index in [1.807, 2.05) is 13.8 Å². The number of nitrogens with zero attached hydrogens (tertiary/aromatic N) is 1. The highest BCUT2D eigenvalue weighted by Crippen LogP contribution is 2.31. The number of alkyl halides is 3. The fourth-order valence-electron chi connectivity index (χ4n) is 1.49. The second-order valence-electron chi connectivity index (χ2n) is 4.23. The largest absolute Gasteiger partial charge is 0.439 e. The average Bonchev–Trinajstić information content (AvgIpc) is 2.33. The fraction of sp³-hybridized carbons (Fsp3) is 0.214. The van der Waals surface area contributed by atoms with Crippen molar-refractivity contribution >= 4 is 0 Å². The van der Waals surface area contributed by atoms with Crippen LogP contribution in [0.1, 0.15) is 16.7 Å². The molecule has 0 aliphatic carbocycles. The summed E-state index contributed by atoms with van der Waals surface area (Å²) < 4.78 is 42.6. The van der Waals surface area contributed by atoms with Gasteiger partial charge in [0, 0.05) is 12.3 Å². The molecule has 19 heavy (non-hydrogen) atoms. The second kappa shape index (κ2) is 4.91. The van der Waals surface area contributed by atoms with Gasteiger partial charge in [-0.15, -0.1) is 0 Å². The summed E-state index contributed by atoms with van der Waals surface area (Å²) in [5.41, 5.74) is 1.34. The number of aromatic nitrogens is 1. The van der Waals surface area contributed by atoms with Crippen LogP contribution in [-0.2, 0) is 6.18 Å². The van der Waals surface area contributed by atoms with Gasteiger partial charge in [-0.1, -0.05) is 0 Å². The van der Waals surface area contributed by atoms with Crippen LogP contribution in [-0.4, -0.2) is 4.98 Å². The summed E-state index contributed by atoms with van der Waals surface area (Å²) in [5.74, 6) is 0.687. The van der Waals surface area contributed by atoms with E-state index in [0.29, 0.717) is 11.6 Å². The van der Waals surface area contributed by atoms with Crippen molar-refractivity contribution in [3.05, 3.63) is 53.2 Å². The van der Waals surface area contributed by atoms with Gasteiger partial charge in [0.2, 0.25) is 5.88 Å². The molecule has 0 unspecified atom stereocenters. The standard InChI is InChI=1S/C14H12F3NO/c1-9-7-13(18-8-10(9)2)19-12-5-3-11(4-6-12)14(15,16)17/h3-8H,1-2H3. The summed E-state index contributed by atoms with van der Waals surface area (Å²) in [6.07, 6.45) is -2.67. The molecular formula is C14H12F3NO. The van der Waals surface area contributed by atoms with Gasteiger partial charge in [0.1, 0.15) is 5.75 Å². The molecule has 0 aliphatic heterocycles. The minimum atomic E-state index is -4.34. The van der Waals surface area contributed by atoms with Gasteiger partial charge in [0.05, 0.1) is 5.56 Å². The van der Waals surface area contributed by atoms with Crippen molar-refractivity contribution in [3.63, 3.8) is 0 Å². The molecule has 1 aromatic heterocycles. The van der Waals surface area contributed by atoms with Crippen molar-refractivity contribution < 1.29 is 17.9 Å². The maximum absolute atomic E-state index is 12.4. The molecule has 100 valence electrons. The maximum atomic E-state index is 12.4. The fourth-order valence-corrected chi connectivity index (χ4v) is 1.49. The zero-order chi connectivity index (χ0) is 14.0. The Balaban J connectivity index is 2.17. The summed E-state index contributed by atoms with van der Waals surface area (Å²) in [5, 5.41) is 0. The van der Waals surface area contributed by atoms with E-state index in [2.05, 4.69) is 4.98 Å². The number of pyridine rings is 1. The van der Waals surface area contributed by atoms with Gasteiger partial charge in [0.15, 0.2) is 0 Å². The molecular weight excluding hydrogens is 255 g/mol. The predicted octanol–water partition coefficient (Wildman–Crippen LogP) is 4.51. The van der Waals surface area contributed by atoms with E-state index in [4.69, 9.17) is 4.74 Å². The lowest BCUT2D eigenvalue weighted by atomic mass is 10.2. The lowest BCUT2D eigenvalue weighted by Gasteiger charge is -2.09. The van der Waals surface area contributed by atoms with E-state index < -0.39 is 11.7 Å². The number of rotatable bonds is 2. The third kappa shape index (κ3) is 3.24. The van der Waals surface area contributed by atoms with Gasteiger partial charge >= 0.3 is 6.18 Å². The number of ether oxygens (including phenoxy) is 1. The van der Waals surface area contributed by atoms with E-state index in [1.165, 1.54) is 12.1 Å². The molecule has 1 heterocycles. The van der Waals surface area contributed by atoms with Crippen molar-refractivity contribution in [1.29, 1.82) is 0 Å². The van der Waals surface area contributed by atoms with Crippen molar-refractivity contribution in [2.75, 3.05) is 0 Å². The van der Waals surface area contributed by atoms with Crippen LogP contribution in [0.3, 0.4) is 0 Å². The Hall–Kier alpha value is -2.04. The van der Waals surface area contributed by atoms with Crippen LogP contribution in [0.5, 0.6) is 11.6 Å². The van der Waals surface area contributed by atoms with Crippen molar-refractivity contribution in [2.45, 2.75) is 20.0 Å². The molecule has 0 fully saturated rings. The normalized spacial score (nSPS) is 11.4. The lowest BCUT2D eigenvalue weighted by molar-refractivity contribution is -0.137. The van der Waals surface area contributed by atoms with Crippen LogP contribution in [0.15, 0.2) is 36.5 Å². The average molecular weight is 267 g/mol. The monoisotopic (exact) mass is 267 g/mol. The third-order valence-electron chi connectivity index (χ3n) is 2.75. The first-order valence-electron chi connectivity index (χ1n) is 5.64. The predicted molar refractivity (Wildman–Crippen MR) is 65.2 cm³/mol. The third-order valence-corrected chi connectivity index (χ3v) is 2.75. The molecule has 0 saturated heterocycles. The quantitative estimate of drug-likeness (QED) is 0.798. The number of halogens is 3. The molecule has 0 bridgehead atoms. The van der Waals surface area contributed by atoms with Gasteiger partial charge < -0.3 is 4.74 Å². The van der Waals surface area contributed by atoms with E-state index in [1.54, 1.807) is 12.3 Å². The van der Waals surface area contributed by atoms with Crippen LogP contribution in [0.2, 0.25) is 0 Å². The van der Waals surface area contributed by atoms with Gasteiger partial charge in [-0.05, 0) is 49.2 Å². The molecule has 2 rings (SSSR count). The van der Waals surface area contributed by atoms with Crippen molar-refractivity contribution in [1.82, 2.24) is 4.98 Å². The molecule has 0 radical (unpaired) electrons. The van der Waals surface area contributed by atoms with Gasteiger partial charge in [-0.3, -0.25) is 0 Å². The van der Waals surface area contributed by atoms with Crippen LogP contribution in [0.25, 0.3) is 0 Å². The highest BCUT2D eigenvalue weighted by molar-refractivity contribution is 5.33. The minimum absolute atomic E-state index is 0.323. The van der Waals surface area contributed by atoms with E-state index >= 15 is 0 Å². The zero-order valence-corrected chi connectivity index (χ0v) is 10.5. The summed E-state index contributed by atoms with van der Waals surface area (Å²) in [6.45, 7) is 3.83. The Kier molecular flexibility index (Phi) is 3.46. The first-order valence-corrected chi connectivity index (χ1v) is 5.64. The van der Waals surface area contributed by atoms with Gasteiger partial charge in [-0.25, -0.2) is 4.98 Å². The molecule has 1 aromatic carbocycles. The Labute approximate surface area is 108 Å². The Morgan fingerprint density at radius 1 is 1.00 bits per heavy atom. The Morgan fingerprint density at radius 3 is 2.16 bits per heavy atom. The van der Waals surface area contributed by atoms with Crippen LogP contribution >= 0.6 is 0 Å². The highest BCUT2D eigenvalue weighted by atomic mass is 19.4. The second-order valence-corrected chi connectivity index (χ2v) is 4.23. The summed E-state index contributed by atoms with van der Waals surface area (Å²) >= 11 is 0. The van der Waals surface area contributed by atoms with E-state index in [-0.39, 0.29) is 0 Å². The molecule has 0 atom stereocenters. The Bertz CT molecular complexity index is 576. The first kappa shape index (κ1) is 13.4. The number of benzene rings is 1. The molecule has 0 spiro atoms. The van der Waals surface area contributed by atoms with E-state index in [9.17, 15) is 13.2 Å². The van der Waals surface area contributed by atoms with Gasteiger partial charge in [-0.2, -0.15) is 13.2 Å². The summed E-state index contributed by atoms with van der Waals surface area (Å²) in [4.78, 5) is 4.06. The van der Waals surface area contributed by atoms with Crippen LogP contribution in [0, 0.1) is 13.8 Å². The zero-order valence-electron chi connectivity index (χ0n) is 10.5. The first-order chi connectivity index (χ1) is 8.86. The lowest BCUT2D eigenvalue weighted by Crippen LogP contribution is -2.04. The molecule has 0 N–H and O–H groups in total. The number of aryl methyl sites for hydroxylation is 2. The number of hydrogen-bond acceptors (Lipinski definition) is 2. The van der Waals surface area contributed by atoms with Crippen molar-refractivity contribution in [2.24, 2.45) is 0 Å². The minimum Gasteiger partial charge on any atom is -0.439 e. The topological polar surface area (TPSA) is 22.1 Å². The van der Waals surface area contributed by atoms with Gasteiger partial charge in [0.25, 0.3) is 0 Å². The van der Waals surface area contributed by atoms with Crippen LogP contribution in [0.4, 0.5) is 13.2 Å². The summed E-state index contributed by atoms with van der Waals surface area (Å²) in [7, 11) is 0. The molecule has 0 aliphatic rings. The number of hydrogen-bond donors (Lipinski definition) is 0. The summed E-state index contributed by atoms with van der Waals surface area (Å²) in [6, 6.07) is 6.26. The molecule has 2 aromatic rings. The SMILES string of the molecule is Cc1cnc(Oc2ccc(C(F)(F)F)cc2)cc1C. The van der Waals surface area contributed by atoms with E-state index in [0.717, 1.165) is 23.3 Å². The highest BCUT2D eigenvalue weighted by Gasteiger charge is 2.30. The Morgan fingerprint density at radius 2 is 1.63 bits per heavy atom. The molecule has 0 saturated carbocycles. The van der Waals surface area contributed by atoms with Crippen molar-refractivity contribution in [3.8, 4) is 11.6 Å². The molecule has 2 nitrogen and oxygen atoms in total. The smallest absolute Gasteiger partial charge is 0.416 e. The van der Waals surface area contributed by atoms with Crippen LogP contribution < -0.4 is 4.74 Å². The molecule has 5 heteroatoms. The maximum Gasteiger partial charge on any atom is 0.416 e.